The van der Waals surface area contributed by atoms with Crippen LogP contribution in [0.2, 0.25) is 0 Å². The standard InChI is InChI=1S/C16H18F3NO3/c1-20(15(21)13-8-11-5-6-14(13)22-11)9-10-3-2-4-12(7-10)23-16(17,18)19/h2-4,7,11,13-14H,5-6,8-9H2,1H3/t11-,13-,14-/m1/s1. The molecule has 2 aliphatic heterocycles. The van der Waals surface area contributed by atoms with Gasteiger partial charge in [-0.2, -0.15) is 0 Å². The number of hydrogen-bond donors (Lipinski definition) is 0. The van der Waals surface area contributed by atoms with E-state index >= 15 is 0 Å². The van der Waals surface area contributed by atoms with Gasteiger partial charge in [0.25, 0.3) is 0 Å². The van der Waals surface area contributed by atoms with Crippen LogP contribution in [0.5, 0.6) is 5.75 Å². The highest BCUT2D eigenvalue weighted by atomic mass is 19.4. The van der Waals surface area contributed by atoms with Crippen LogP contribution >= 0.6 is 0 Å². The maximum atomic E-state index is 12.5. The molecule has 2 fully saturated rings. The van der Waals surface area contributed by atoms with E-state index in [9.17, 15) is 18.0 Å². The lowest BCUT2D eigenvalue weighted by molar-refractivity contribution is -0.274. The first kappa shape index (κ1) is 16.1. The first-order chi connectivity index (χ1) is 10.8. The van der Waals surface area contributed by atoms with E-state index in [1.807, 2.05) is 0 Å². The Kier molecular flexibility index (Phi) is 4.23. The van der Waals surface area contributed by atoms with Crippen LogP contribution in [-0.2, 0) is 16.1 Å². The third-order valence-corrected chi connectivity index (χ3v) is 4.35. The van der Waals surface area contributed by atoms with E-state index in [0.29, 0.717) is 5.56 Å². The molecule has 4 nitrogen and oxygen atoms in total. The highest BCUT2D eigenvalue weighted by Gasteiger charge is 2.45. The van der Waals surface area contributed by atoms with E-state index < -0.39 is 6.36 Å². The number of rotatable bonds is 4. The van der Waals surface area contributed by atoms with Gasteiger partial charge in [0.2, 0.25) is 5.91 Å². The van der Waals surface area contributed by atoms with E-state index in [1.54, 1.807) is 18.0 Å². The first-order valence-electron chi connectivity index (χ1n) is 7.57. The van der Waals surface area contributed by atoms with Crippen LogP contribution in [0.3, 0.4) is 0 Å². The Balaban J connectivity index is 1.62. The van der Waals surface area contributed by atoms with E-state index in [-0.39, 0.29) is 36.3 Å². The van der Waals surface area contributed by atoms with E-state index in [4.69, 9.17) is 4.74 Å². The first-order valence-corrected chi connectivity index (χ1v) is 7.57. The smallest absolute Gasteiger partial charge is 0.406 e. The number of alkyl halides is 3. The minimum atomic E-state index is -4.72. The lowest BCUT2D eigenvalue weighted by atomic mass is 9.88. The number of ether oxygens (including phenoxy) is 2. The van der Waals surface area contributed by atoms with Crippen molar-refractivity contribution in [2.45, 2.75) is 44.4 Å². The maximum absolute atomic E-state index is 12.5. The molecule has 7 heteroatoms. The number of carbonyl (C=O) groups is 1. The van der Waals surface area contributed by atoms with Gasteiger partial charge in [-0.15, -0.1) is 13.2 Å². The lowest BCUT2D eigenvalue weighted by Gasteiger charge is -2.25. The van der Waals surface area contributed by atoms with Crippen molar-refractivity contribution in [1.29, 1.82) is 0 Å². The summed E-state index contributed by atoms with van der Waals surface area (Å²) in [5.41, 5.74) is 0.590. The number of nitrogens with zero attached hydrogens (tertiary/aromatic N) is 1. The summed E-state index contributed by atoms with van der Waals surface area (Å²) in [6.07, 6.45) is -1.88. The second kappa shape index (κ2) is 6.03. The predicted molar refractivity (Wildman–Crippen MR) is 75.6 cm³/mol. The van der Waals surface area contributed by atoms with Gasteiger partial charge in [-0.1, -0.05) is 12.1 Å². The minimum Gasteiger partial charge on any atom is -0.406 e. The number of benzene rings is 1. The van der Waals surface area contributed by atoms with E-state index in [2.05, 4.69) is 4.74 Å². The summed E-state index contributed by atoms with van der Waals surface area (Å²) < 4.78 is 46.3. The summed E-state index contributed by atoms with van der Waals surface area (Å²) in [7, 11) is 1.66. The fraction of sp³-hybridized carbons (Fsp3) is 0.562. The summed E-state index contributed by atoms with van der Waals surface area (Å²) in [4.78, 5) is 14.0. The molecule has 2 bridgehead atoms. The van der Waals surface area contributed by atoms with Crippen molar-refractivity contribution in [3.63, 3.8) is 0 Å². The molecule has 1 aromatic carbocycles. The van der Waals surface area contributed by atoms with Crippen molar-refractivity contribution in [3.8, 4) is 5.75 Å². The van der Waals surface area contributed by atoms with Gasteiger partial charge in [0, 0.05) is 13.6 Å². The molecule has 2 aliphatic rings. The van der Waals surface area contributed by atoms with Gasteiger partial charge in [0.15, 0.2) is 0 Å². The van der Waals surface area contributed by atoms with Crippen molar-refractivity contribution >= 4 is 5.91 Å². The molecule has 0 aliphatic carbocycles. The zero-order valence-corrected chi connectivity index (χ0v) is 12.7. The van der Waals surface area contributed by atoms with Crippen molar-refractivity contribution < 1.29 is 27.4 Å². The topological polar surface area (TPSA) is 38.8 Å². The molecule has 1 amide bonds. The molecule has 2 saturated heterocycles. The molecule has 126 valence electrons. The number of fused-ring (bicyclic) bond motifs is 2. The summed E-state index contributed by atoms with van der Waals surface area (Å²) in [5, 5.41) is 0. The van der Waals surface area contributed by atoms with Crippen LogP contribution in [0.1, 0.15) is 24.8 Å². The molecule has 2 heterocycles. The highest BCUT2D eigenvalue weighted by Crippen LogP contribution is 2.39. The Hall–Kier alpha value is -1.76. The molecule has 1 aromatic rings. The number of carbonyl (C=O) groups excluding carboxylic acids is 1. The highest BCUT2D eigenvalue weighted by molar-refractivity contribution is 5.79. The van der Waals surface area contributed by atoms with E-state index in [1.165, 1.54) is 18.2 Å². The van der Waals surface area contributed by atoms with Gasteiger partial charge in [0.05, 0.1) is 18.1 Å². The SMILES string of the molecule is CN(Cc1cccc(OC(F)(F)F)c1)C(=O)[C@@H]1C[C@H]2CC[C@H]1O2. The van der Waals surface area contributed by atoms with Crippen molar-refractivity contribution in [2.24, 2.45) is 5.92 Å². The number of halogens is 3. The van der Waals surface area contributed by atoms with Crippen molar-refractivity contribution in [2.75, 3.05) is 7.05 Å². The Labute approximate surface area is 132 Å². The van der Waals surface area contributed by atoms with Crippen LogP contribution < -0.4 is 4.74 Å². The van der Waals surface area contributed by atoms with Crippen LogP contribution in [0, 0.1) is 5.92 Å². The monoisotopic (exact) mass is 329 g/mol. The van der Waals surface area contributed by atoms with E-state index in [0.717, 1.165) is 19.3 Å². The number of amides is 1. The Morgan fingerprint density at radius 1 is 1.39 bits per heavy atom. The van der Waals surface area contributed by atoms with Gasteiger partial charge < -0.3 is 14.4 Å². The fourth-order valence-corrected chi connectivity index (χ4v) is 3.37. The third-order valence-electron chi connectivity index (χ3n) is 4.35. The molecule has 0 saturated carbocycles. The molecule has 23 heavy (non-hydrogen) atoms. The molecule has 0 spiro atoms. The molecule has 3 rings (SSSR count). The summed E-state index contributed by atoms with van der Waals surface area (Å²) in [5.74, 6) is -0.424. The normalized spacial score (nSPS) is 26.3. The zero-order chi connectivity index (χ0) is 16.6. The molecule has 0 unspecified atom stereocenters. The summed E-state index contributed by atoms with van der Waals surface area (Å²) in [6, 6.07) is 5.69. The van der Waals surface area contributed by atoms with Gasteiger partial charge in [-0.05, 0) is 37.0 Å². The predicted octanol–water partition coefficient (Wildman–Crippen LogP) is 3.11. The Bertz CT molecular complexity index is 590. The molecular formula is C16H18F3NO3. The number of hydrogen-bond acceptors (Lipinski definition) is 3. The Morgan fingerprint density at radius 2 is 2.17 bits per heavy atom. The average molecular weight is 329 g/mol. The molecule has 0 radical (unpaired) electrons. The van der Waals surface area contributed by atoms with Gasteiger partial charge >= 0.3 is 6.36 Å². The second-order valence-electron chi connectivity index (χ2n) is 6.11. The maximum Gasteiger partial charge on any atom is 0.573 e. The molecule has 0 aromatic heterocycles. The average Bonchev–Trinajstić information content (AvgIpc) is 3.07. The van der Waals surface area contributed by atoms with Gasteiger partial charge in [0.1, 0.15) is 5.75 Å². The third kappa shape index (κ3) is 3.77. The minimum absolute atomic E-state index is 0.00477. The van der Waals surface area contributed by atoms with Crippen molar-refractivity contribution in [3.05, 3.63) is 29.8 Å². The molecule has 0 N–H and O–H groups in total. The Morgan fingerprint density at radius 3 is 2.78 bits per heavy atom. The van der Waals surface area contributed by atoms with Crippen LogP contribution in [0.15, 0.2) is 24.3 Å². The molecule has 3 atom stereocenters. The van der Waals surface area contributed by atoms with Crippen LogP contribution in [0.4, 0.5) is 13.2 Å². The largest absolute Gasteiger partial charge is 0.573 e. The second-order valence-corrected chi connectivity index (χ2v) is 6.11. The fourth-order valence-electron chi connectivity index (χ4n) is 3.37. The van der Waals surface area contributed by atoms with Crippen molar-refractivity contribution in [1.82, 2.24) is 4.90 Å². The molecular weight excluding hydrogens is 311 g/mol. The van der Waals surface area contributed by atoms with Crippen LogP contribution in [0.25, 0.3) is 0 Å². The van der Waals surface area contributed by atoms with Gasteiger partial charge in [-0.3, -0.25) is 4.79 Å². The zero-order valence-electron chi connectivity index (χ0n) is 12.7. The quantitative estimate of drug-likeness (QED) is 0.852. The van der Waals surface area contributed by atoms with Gasteiger partial charge in [-0.25, -0.2) is 0 Å². The van der Waals surface area contributed by atoms with Crippen LogP contribution in [-0.4, -0.2) is 36.4 Å². The lowest BCUT2D eigenvalue weighted by Crippen LogP contribution is -2.37. The summed E-state index contributed by atoms with van der Waals surface area (Å²) >= 11 is 0. The summed E-state index contributed by atoms with van der Waals surface area (Å²) in [6.45, 7) is 0.238.